The van der Waals surface area contributed by atoms with Crippen molar-refractivity contribution < 1.29 is 9.18 Å². The Morgan fingerprint density at radius 3 is 3.11 bits per heavy atom. The van der Waals surface area contributed by atoms with Crippen LogP contribution in [0, 0.1) is 11.7 Å². The molecular formula is C20H21ClFN5O. The number of carbonyl (C=O) groups is 1. The smallest absolute Gasteiger partial charge is 0.152 e. The fraction of sp³-hybridized carbons (Fsp3) is 0.350. The van der Waals surface area contributed by atoms with Crippen molar-refractivity contribution in [2.24, 2.45) is 5.92 Å². The fourth-order valence-electron chi connectivity index (χ4n) is 3.76. The van der Waals surface area contributed by atoms with Crippen LogP contribution in [0.2, 0.25) is 5.02 Å². The van der Waals surface area contributed by atoms with E-state index in [0.29, 0.717) is 17.1 Å². The zero-order valence-electron chi connectivity index (χ0n) is 15.3. The molecule has 0 amide bonds. The number of anilines is 2. The molecule has 2 aromatic heterocycles. The van der Waals surface area contributed by atoms with E-state index < -0.39 is 5.82 Å². The molecule has 1 fully saturated rings. The van der Waals surface area contributed by atoms with Crippen LogP contribution in [0.25, 0.3) is 11.0 Å². The molecule has 0 spiro atoms. The standard InChI is InChI=1S/C20H21ClFN5O/c21-14-3-4-18(17(22)9-14)24-10-15(28)8-13-2-1-7-27(11-13)20-16-5-6-23-19(16)25-12-26-20/h3-6,9,12-13,24H,1-2,7-8,10-11H2,(H,23,25,26)/t13-/m0/s1. The van der Waals surface area contributed by atoms with Gasteiger partial charge in [0.15, 0.2) is 5.78 Å². The van der Waals surface area contributed by atoms with Gasteiger partial charge in [-0.05, 0) is 43.0 Å². The second-order valence-corrected chi connectivity index (χ2v) is 7.55. The normalized spacial score (nSPS) is 17.1. The number of H-pyrrole nitrogens is 1. The van der Waals surface area contributed by atoms with Gasteiger partial charge in [0, 0.05) is 30.7 Å². The summed E-state index contributed by atoms with van der Waals surface area (Å²) < 4.78 is 13.8. The van der Waals surface area contributed by atoms with Crippen molar-refractivity contribution in [3.63, 3.8) is 0 Å². The van der Waals surface area contributed by atoms with Gasteiger partial charge in [-0.3, -0.25) is 4.79 Å². The van der Waals surface area contributed by atoms with Gasteiger partial charge in [-0.1, -0.05) is 11.6 Å². The summed E-state index contributed by atoms with van der Waals surface area (Å²) in [5.41, 5.74) is 1.11. The Balaban J connectivity index is 1.36. The zero-order valence-corrected chi connectivity index (χ0v) is 16.0. The molecule has 8 heteroatoms. The van der Waals surface area contributed by atoms with Crippen LogP contribution in [-0.2, 0) is 4.79 Å². The molecule has 6 nitrogen and oxygen atoms in total. The highest BCUT2D eigenvalue weighted by atomic mass is 35.5. The van der Waals surface area contributed by atoms with Gasteiger partial charge in [0.1, 0.15) is 23.6 Å². The Labute approximate surface area is 167 Å². The second kappa shape index (κ2) is 8.14. The van der Waals surface area contributed by atoms with Crippen LogP contribution >= 0.6 is 11.6 Å². The summed E-state index contributed by atoms with van der Waals surface area (Å²) in [5.74, 6) is 0.769. The first-order valence-corrected chi connectivity index (χ1v) is 9.71. The minimum Gasteiger partial charge on any atom is -0.376 e. The molecule has 1 aromatic carbocycles. The van der Waals surface area contributed by atoms with Crippen LogP contribution in [0.4, 0.5) is 15.9 Å². The minimum absolute atomic E-state index is 0.0654. The molecule has 146 valence electrons. The summed E-state index contributed by atoms with van der Waals surface area (Å²) in [6, 6.07) is 6.35. The number of nitrogens with one attached hydrogen (secondary N) is 2. The third-order valence-corrected chi connectivity index (χ3v) is 5.31. The van der Waals surface area contributed by atoms with Crippen LogP contribution < -0.4 is 10.2 Å². The minimum atomic E-state index is -0.455. The van der Waals surface area contributed by atoms with Crippen LogP contribution in [0.5, 0.6) is 0 Å². The highest BCUT2D eigenvalue weighted by molar-refractivity contribution is 6.30. The first-order chi connectivity index (χ1) is 13.6. The molecule has 1 aliphatic heterocycles. The van der Waals surface area contributed by atoms with Crippen LogP contribution in [0.3, 0.4) is 0 Å². The van der Waals surface area contributed by atoms with Crippen molar-refractivity contribution in [1.29, 1.82) is 0 Å². The molecule has 3 aromatic rings. The van der Waals surface area contributed by atoms with Crippen molar-refractivity contribution >= 4 is 39.9 Å². The van der Waals surface area contributed by atoms with Gasteiger partial charge >= 0.3 is 0 Å². The number of halogens is 2. The lowest BCUT2D eigenvalue weighted by Gasteiger charge is -2.33. The van der Waals surface area contributed by atoms with Crippen molar-refractivity contribution in [3.05, 3.63) is 47.6 Å². The number of benzene rings is 1. The van der Waals surface area contributed by atoms with Crippen LogP contribution in [0.15, 0.2) is 36.8 Å². The first kappa shape index (κ1) is 18.7. The molecule has 1 saturated heterocycles. The predicted molar refractivity (Wildman–Crippen MR) is 108 cm³/mol. The molecule has 1 aliphatic rings. The number of piperidine rings is 1. The summed E-state index contributed by atoms with van der Waals surface area (Å²) in [6.07, 6.45) is 5.88. The Morgan fingerprint density at radius 2 is 2.25 bits per heavy atom. The summed E-state index contributed by atoms with van der Waals surface area (Å²) >= 11 is 5.75. The highest BCUT2D eigenvalue weighted by Gasteiger charge is 2.24. The van der Waals surface area contributed by atoms with Gasteiger partial charge in [0.2, 0.25) is 0 Å². The van der Waals surface area contributed by atoms with Gasteiger partial charge in [-0.2, -0.15) is 0 Å². The average Bonchev–Trinajstić information content (AvgIpc) is 3.16. The summed E-state index contributed by atoms with van der Waals surface area (Å²) in [6.45, 7) is 1.79. The van der Waals surface area contributed by atoms with E-state index in [1.165, 1.54) is 6.07 Å². The first-order valence-electron chi connectivity index (χ1n) is 9.34. The largest absolute Gasteiger partial charge is 0.376 e. The summed E-state index contributed by atoms with van der Waals surface area (Å²) in [5, 5.41) is 4.20. The molecule has 0 bridgehead atoms. The lowest BCUT2D eigenvalue weighted by atomic mass is 9.92. The molecule has 3 heterocycles. The highest BCUT2D eigenvalue weighted by Crippen LogP contribution is 2.28. The third kappa shape index (κ3) is 4.09. The van der Waals surface area contributed by atoms with E-state index in [-0.39, 0.29) is 18.2 Å². The van der Waals surface area contributed by atoms with Crippen molar-refractivity contribution in [2.75, 3.05) is 29.9 Å². The number of carbonyl (C=O) groups excluding carboxylic acids is 1. The van der Waals surface area contributed by atoms with Gasteiger partial charge in [0.25, 0.3) is 0 Å². The van der Waals surface area contributed by atoms with E-state index in [9.17, 15) is 9.18 Å². The molecule has 0 unspecified atom stereocenters. The van der Waals surface area contributed by atoms with Gasteiger partial charge in [-0.25, -0.2) is 14.4 Å². The Hall–Kier alpha value is -2.67. The van der Waals surface area contributed by atoms with Crippen molar-refractivity contribution in [2.45, 2.75) is 19.3 Å². The second-order valence-electron chi connectivity index (χ2n) is 7.11. The van der Waals surface area contributed by atoms with Gasteiger partial charge in [0.05, 0.1) is 17.6 Å². The monoisotopic (exact) mass is 401 g/mol. The number of nitrogens with zero attached hydrogens (tertiary/aromatic N) is 3. The Morgan fingerprint density at radius 1 is 1.36 bits per heavy atom. The SMILES string of the molecule is O=C(CNc1ccc(Cl)cc1F)C[C@@H]1CCCN(c2ncnc3[nH]ccc23)C1. The maximum Gasteiger partial charge on any atom is 0.152 e. The number of hydrogen-bond acceptors (Lipinski definition) is 5. The van der Waals surface area contributed by atoms with E-state index in [0.717, 1.165) is 42.8 Å². The van der Waals surface area contributed by atoms with Crippen molar-refractivity contribution in [1.82, 2.24) is 15.0 Å². The average molecular weight is 402 g/mol. The third-order valence-electron chi connectivity index (χ3n) is 5.07. The van der Waals surface area contributed by atoms with Gasteiger partial charge in [-0.15, -0.1) is 0 Å². The molecule has 0 saturated carbocycles. The number of Topliss-reactive ketones (excluding diaryl/α,β-unsaturated/α-hetero) is 1. The number of aromatic nitrogens is 3. The quantitative estimate of drug-likeness (QED) is 0.652. The molecule has 4 rings (SSSR count). The van der Waals surface area contributed by atoms with E-state index >= 15 is 0 Å². The number of ketones is 1. The van der Waals surface area contributed by atoms with E-state index in [1.807, 2.05) is 12.3 Å². The molecule has 2 N–H and O–H groups in total. The fourth-order valence-corrected chi connectivity index (χ4v) is 3.91. The number of fused-ring (bicyclic) bond motifs is 1. The maximum absolute atomic E-state index is 13.8. The zero-order chi connectivity index (χ0) is 19.5. The Kier molecular flexibility index (Phi) is 5.43. The molecule has 28 heavy (non-hydrogen) atoms. The topological polar surface area (TPSA) is 73.9 Å². The lowest BCUT2D eigenvalue weighted by Crippen LogP contribution is -2.37. The van der Waals surface area contributed by atoms with Crippen LogP contribution in [-0.4, -0.2) is 40.4 Å². The van der Waals surface area contributed by atoms with Crippen molar-refractivity contribution in [3.8, 4) is 0 Å². The number of rotatable bonds is 6. The van der Waals surface area contributed by atoms with E-state index in [1.54, 1.807) is 18.5 Å². The molecule has 0 aliphatic carbocycles. The van der Waals surface area contributed by atoms with E-state index in [2.05, 4.69) is 25.2 Å². The van der Waals surface area contributed by atoms with Gasteiger partial charge < -0.3 is 15.2 Å². The lowest BCUT2D eigenvalue weighted by molar-refractivity contribution is -0.118. The summed E-state index contributed by atoms with van der Waals surface area (Å²) in [7, 11) is 0. The molecular weight excluding hydrogens is 381 g/mol. The molecule has 0 radical (unpaired) electrons. The number of aromatic amines is 1. The molecule has 1 atom stereocenters. The Bertz CT molecular complexity index is 992. The summed E-state index contributed by atoms with van der Waals surface area (Å²) in [4.78, 5) is 26.4. The predicted octanol–water partition coefficient (Wildman–Crippen LogP) is 4.04. The maximum atomic E-state index is 13.8. The van der Waals surface area contributed by atoms with Crippen LogP contribution in [0.1, 0.15) is 19.3 Å². The number of hydrogen-bond donors (Lipinski definition) is 2. The van der Waals surface area contributed by atoms with E-state index in [4.69, 9.17) is 11.6 Å².